The summed E-state index contributed by atoms with van der Waals surface area (Å²) in [6, 6.07) is 13.1. The molecule has 108 valence electrons. The highest BCUT2D eigenvalue weighted by molar-refractivity contribution is 6.36. The second kappa shape index (κ2) is 7.11. The number of benzene rings is 2. The van der Waals surface area contributed by atoms with Crippen LogP contribution in [0.1, 0.15) is 10.4 Å². The van der Waals surface area contributed by atoms with Gasteiger partial charge in [0.25, 0.3) is 5.91 Å². The highest BCUT2D eigenvalue weighted by Crippen LogP contribution is 2.25. The summed E-state index contributed by atoms with van der Waals surface area (Å²) in [7, 11) is 0. The normalized spacial score (nSPS) is 10.0. The Morgan fingerprint density at radius 2 is 1.76 bits per heavy atom. The van der Waals surface area contributed by atoms with Gasteiger partial charge < -0.3 is 10.1 Å². The fraction of sp³-hybridized carbons (Fsp3) is 0.0667. The molecule has 0 aliphatic carbocycles. The molecule has 0 spiro atoms. The molecule has 0 aliphatic heterocycles. The molecule has 4 nitrogen and oxygen atoms in total. The molecule has 21 heavy (non-hydrogen) atoms. The molecule has 2 aromatic carbocycles. The standard InChI is InChI=1S/C15H11Cl2NO3/c16-11-6-7-13(12(17)8-11)18-14(19)9-21-15(20)10-4-2-1-3-5-10/h1-8H,9H2,(H,18,19). The summed E-state index contributed by atoms with van der Waals surface area (Å²) in [6.07, 6.45) is 0. The van der Waals surface area contributed by atoms with Crippen molar-refractivity contribution >= 4 is 40.8 Å². The molecular formula is C15H11Cl2NO3. The molecule has 0 bridgehead atoms. The molecule has 0 fully saturated rings. The third-order valence-corrected chi connectivity index (χ3v) is 3.10. The molecule has 2 aromatic rings. The third-order valence-electron chi connectivity index (χ3n) is 2.55. The number of rotatable bonds is 4. The number of hydrogen-bond donors (Lipinski definition) is 1. The molecule has 0 saturated carbocycles. The fourth-order valence-electron chi connectivity index (χ4n) is 1.57. The van der Waals surface area contributed by atoms with Crippen molar-refractivity contribution in [3.8, 4) is 0 Å². The van der Waals surface area contributed by atoms with E-state index in [1.807, 2.05) is 0 Å². The van der Waals surface area contributed by atoms with Gasteiger partial charge in [-0.1, -0.05) is 41.4 Å². The van der Waals surface area contributed by atoms with Gasteiger partial charge in [-0.2, -0.15) is 0 Å². The third kappa shape index (κ3) is 4.48. The minimum absolute atomic E-state index is 0.310. The number of carbonyl (C=O) groups is 2. The van der Waals surface area contributed by atoms with Gasteiger partial charge in [-0.25, -0.2) is 4.79 Å². The monoisotopic (exact) mass is 323 g/mol. The van der Waals surface area contributed by atoms with E-state index in [4.69, 9.17) is 27.9 Å². The number of ether oxygens (including phenoxy) is 1. The quantitative estimate of drug-likeness (QED) is 0.871. The van der Waals surface area contributed by atoms with Gasteiger partial charge in [-0.05, 0) is 30.3 Å². The molecule has 0 aromatic heterocycles. The Bertz CT molecular complexity index is 659. The number of nitrogens with one attached hydrogen (secondary N) is 1. The van der Waals surface area contributed by atoms with E-state index < -0.39 is 18.5 Å². The van der Waals surface area contributed by atoms with Crippen molar-refractivity contribution in [3.05, 3.63) is 64.1 Å². The predicted octanol–water partition coefficient (Wildman–Crippen LogP) is 3.79. The van der Waals surface area contributed by atoms with Crippen molar-refractivity contribution in [2.24, 2.45) is 0 Å². The second-order valence-corrected chi connectivity index (χ2v) is 4.96. The molecule has 1 N–H and O–H groups in total. The van der Waals surface area contributed by atoms with Crippen LogP contribution >= 0.6 is 23.2 Å². The Morgan fingerprint density at radius 3 is 2.43 bits per heavy atom. The van der Waals surface area contributed by atoms with Crippen LogP contribution in [-0.4, -0.2) is 18.5 Å². The number of carbonyl (C=O) groups excluding carboxylic acids is 2. The first-order valence-electron chi connectivity index (χ1n) is 6.03. The summed E-state index contributed by atoms with van der Waals surface area (Å²) in [5, 5.41) is 3.31. The number of esters is 1. The van der Waals surface area contributed by atoms with Crippen LogP contribution in [0.15, 0.2) is 48.5 Å². The lowest BCUT2D eigenvalue weighted by Crippen LogP contribution is -2.21. The highest BCUT2D eigenvalue weighted by Gasteiger charge is 2.11. The largest absolute Gasteiger partial charge is 0.452 e. The Balaban J connectivity index is 1.89. The van der Waals surface area contributed by atoms with Crippen LogP contribution in [0.2, 0.25) is 10.0 Å². The van der Waals surface area contributed by atoms with Crippen LogP contribution in [0, 0.1) is 0 Å². The van der Waals surface area contributed by atoms with Gasteiger partial charge in [-0.15, -0.1) is 0 Å². The zero-order valence-electron chi connectivity index (χ0n) is 10.8. The lowest BCUT2D eigenvalue weighted by atomic mass is 10.2. The van der Waals surface area contributed by atoms with Gasteiger partial charge in [0.2, 0.25) is 0 Å². The SMILES string of the molecule is O=C(COC(=O)c1ccccc1)Nc1ccc(Cl)cc1Cl. The van der Waals surface area contributed by atoms with E-state index in [0.29, 0.717) is 21.3 Å². The van der Waals surface area contributed by atoms with Gasteiger partial charge in [0.15, 0.2) is 6.61 Å². The maximum atomic E-state index is 11.7. The minimum Gasteiger partial charge on any atom is -0.452 e. The summed E-state index contributed by atoms with van der Waals surface area (Å²) >= 11 is 11.7. The first-order valence-corrected chi connectivity index (χ1v) is 6.79. The Morgan fingerprint density at radius 1 is 1.05 bits per heavy atom. The van der Waals surface area contributed by atoms with Crippen LogP contribution < -0.4 is 5.32 Å². The zero-order valence-corrected chi connectivity index (χ0v) is 12.3. The summed E-state index contributed by atoms with van der Waals surface area (Å²) in [5.41, 5.74) is 0.789. The molecule has 0 unspecified atom stereocenters. The van der Waals surface area contributed by atoms with E-state index in [-0.39, 0.29) is 0 Å². The predicted molar refractivity (Wildman–Crippen MR) is 81.8 cm³/mol. The van der Waals surface area contributed by atoms with E-state index in [2.05, 4.69) is 5.32 Å². The Labute approximate surface area is 131 Å². The van der Waals surface area contributed by atoms with Crippen LogP contribution in [0.3, 0.4) is 0 Å². The van der Waals surface area contributed by atoms with Crippen LogP contribution in [0.25, 0.3) is 0 Å². The van der Waals surface area contributed by atoms with Crippen LogP contribution in [0.5, 0.6) is 0 Å². The fourth-order valence-corrected chi connectivity index (χ4v) is 2.02. The van der Waals surface area contributed by atoms with Crippen LogP contribution in [-0.2, 0) is 9.53 Å². The van der Waals surface area contributed by atoms with Crippen molar-refractivity contribution < 1.29 is 14.3 Å². The summed E-state index contributed by atoms with van der Waals surface area (Å²) in [5.74, 6) is -1.04. The Kier molecular flexibility index (Phi) is 5.20. The molecule has 6 heteroatoms. The first-order chi connectivity index (χ1) is 10.1. The van der Waals surface area contributed by atoms with Crippen molar-refractivity contribution in [2.75, 3.05) is 11.9 Å². The van der Waals surface area contributed by atoms with Crippen molar-refractivity contribution in [1.29, 1.82) is 0 Å². The maximum absolute atomic E-state index is 11.7. The van der Waals surface area contributed by atoms with Crippen molar-refractivity contribution in [2.45, 2.75) is 0 Å². The topological polar surface area (TPSA) is 55.4 Å². The second-order valence-electron chi connectivity index (χ2n) is 4.11. The number of amides is 1. The van der Waals surface area contributed by atoms with E-state index in [0.717, 1.165) is 0 Å². The van der Waals surface area contributed by atoms with Gasteiger partial charge in [0, 0.05) is 5.02 Å². The molecule has 0 atom stereocenters. The average molecular weight is 324 g/mol. The maximum Gasteiger partial charge on any atom is 0.338 e. The zero-order chi connectivity index (χ0) is 15.2. The van der Waals surface area contributed by atoms with Crippen molar-refractivity contribution in [3.63, 3.8) is 0 Å². The van der Waals surface area contributed by atoms with E-state index in [1.54, 1.807) is 42.5 Å². The number of hydrogen-bond acceptors (Lipinski definition) is 3. The summed E-state index contributed by atoms with van der Waals surface area (Å²) in [6.45, 7) is -0.396. The van der Waals surface area contributed by atoms with Gasteiger partial charge in [-0.3, -0.25) is 4.79 Å². The van der Waals surface area contributed by atoms with E-state index in [1.165, 1.54) is 6.07 Å². The Hall–Kier alpha value is -2.04. The van der Waals surface area contributed by atoms with Crippen LogP contribution in [0.4, 0.5) is 5.69 Å². The van der Waals surface area contributed by atoms with Gasteiger partial charge >= 0.3 is 5.97 Å². The lowest BCUT2D eigenvalue weighted by Gasteiger charge is -2.08. The minimum atomic E-state index is -0.562. The first kappa shape index (κ1) is 15.4. The molecule has 0 radical (unpaired) electrons. The molecule has 1 amide bonds. The summed E-state index contributed by atoms with van der Waals surface area (Å²) in [4.78, 5) is 23.4. The number of halogens is 2. The molecule has 0 heterocycles. The number of anilines is 1. The van der Waals surface area contributed by atoms with E-state index >= 15 is 0 Å². The lowest BCUT2D eigenvalue weighted by molar-refractivity contribution is -0.119. The highest BCUT2D eigenvalue weighted by atomic mass is 35.5. The molecular weight excluding hydrogens is 313 g/mol. The smallest absolute Gasteiger partial charge is 0.338 e. The summed E-state index contributed by atoms with van der Waals surface area (Å²) < 4.78 is 4.91. The van der Waals surface area contributed by atoms with E-state index in [9.17, 15) is 9.59 Å². The molecule has 0 aliphatic rings. The molecule has 2 rings (SSSR count). The van der Waals surface area contributed by atoms with Crippen molar-refractivity contribution in [1.82, 2.24) is 0 Å². The van der Waals surface area contributed by atoms with Gasteiger partial charge in [0.05, 0.1) is 16.3 Å². The average Bonchev–Trinajstić information content (AvgIpc) is 2.48. The molecule has 0 saturated heterocycles. The van der Waals surface area contributed by atoms with Gasteiger partial charge in [0.1, 0.15) is 0 Å².